The Morgan fingerprint density at radius 2 is 1.67 bits per heavy atom. The van der Waals surface area contributed by atoms with Crippen LogP contribution in [0.15, 0.2) is 53.3 Å². The highest BCUT2D eigenvalue weighted by Gasteiger charge is 2.30. The Morgan fingerprint density at radius 3 is 2.36 bits per heavy atom. The highest BCUT2D eigenvalue weighted by Crippen LogP contribution is 2.50. The topological polar surface area (TPSA) is 106 Å². The summed E-state index contributed by atoms with van der Waals surface area (Å²) in [7, 11) is 4.68. The molecule has 1 heterocycles. The minimum Gasteiger partial charge on any atom is -0.493 e. The van der Waals surface area contributed by atoms with Gasteiger partial charge in [0.05, 0.1) is 33.1 Å². The van der Waals surface area contributed by atoms with E-state index in [9.17, 15) is 14.4 Å². The number of ether oxygens (including phenoxy) is 3. The Labute approximate surface area is 245 Å². The number of nitrogens with one attached hydrogen (secondary N) is 2. The number of anilines is 1. The molecule has 3 aromatic rings. The molecule has 5 rings (SSSR count). The molecule has 0 saturated carbocycles. The van der Waals surface area contributed by atoms with Crippen molar-refractivity contribution in [2.24, 2.45) is 0 Å². The summed E-state index contributed by atoms with van der Waals surface area (Å²) >= 11 is 0. The van der Waals surface area contributed by atoms with Crippen LogP contribution in [0.25, 0.3) is 11.1 Å². The first kappa shape index (κ1) is 29.0. The van der Waals surface area contributed by atoms with Gasteiger partial charge in [-0.25, -0.2) is 0 Å². The maximum Gasteiger partial charge on any atom is 0.245 e. The molecule has 2 unspecified atom stereocenters. The van der Waals surface area contributed by atoms with Crippen molar-refractivity contribution in [1.29, 1.82) is 0 Å². The summed E-state index contributed by atoms with van der Waals surface area (Å²) in [6.07, 6.45) is 1.98. The summed E-state index contributed by atoms with van der Waals surface area (Å²) in [4.78, 5) is 41.1. The Bertz CT molecular complexity index is 1590. The van der Waals surface area contributed by atoms with Gasteiger partial charge in [0.1, 0.15) is 6.04 Å². The molecular weight excluding hydrogens is 534 g/mol. The molecular formula is C33H37N3O6. The Morgan fingerprint density at radius 1 is 0.929 bits per heavy atom. The standard InChI is InChI=1S/C33H37N3O6/c1-19(33(39)36-15-14-21-8-6-7-9-23(21)18-36)34-27-13-11-24-25(17-28(27)38)26(35-20(2)37)12-10-22-16-29(40-3)31(41-4)32(42-5)30(22)24/h6-9,11,13,16-17,19,26H,10,12,14-15,18H2,1-5H3,(H,34,38)(H,35,37). The van der Waals surface area contributed by atoms with Gasteiger partial charge in [0.2, 0.25) is 23.0 Å². The zero-order chi connectivity index (χ0) is 30.0. The van der Waals surface area contributed by atoms with Crippen LogP contribution in [-0.4, -0.2) is 50.6 Å². The fourth-order valence-corrected chi connectivity index (χ4v) is 6.08. The van der Waals surface area contributed by atoms with E-state index in [-0.39, 0.29) is 17.2 Å². The summed E-state index contributed by atoms with van der Waals surface area (Å²) in [6, 6.07) is 14.1. The third-order valence-corrected chi connectivity index (χ3v) is 8.10. The van der Waals surface area contributed by atoms with E-state index in [4.69, 9.17) is 14.2 Å². The van der Waals surface area contributed by atoms with Crippen molar-refractivity contribution < 1.29 is 23.8 Å². The monoisotopic (exact) mass is 571 g/mol. The van der Waals surface area contributed by atoms with Crippen LogP contribution in [0.4, 0.5) is 5.69 Å². The lowest BCUT2D eigenvalue weighted by Gasteiger charge is -2.31. The first-order valence-electron chi connectivity index (χ1n) is 14.1. The number of hydrogen-bond donors (Lipinski definition) is 2. The number of aryl methyl sites for hydroxylation is 1. The Balaban J connectivity index is 1.55. The molecule has 0 radical (unpaired) electrons. The molecule has 220 valence electrons. The van der Waals surface area contributed by atoms with Crippen molar-refractivity contribution in [3.8, 4) is 28.4 Å². The average Bonchev–Trinajstić information content (AvgIpc) is 3.23. The molecule has 2 aliphatic rings. The number of nitrogens with zero attached hydrogens (tertiary/aromatic N) is 1. The summed E-state index contributed by atoms with van der Waals surface area (Å²) in [5, 5.41) is 6.19. The summed E-state index contributed by atoms with van der Waals surface area (Å²) in [5.74, 6) is 1.19. The van der Waals surface area contributed by atoms with E-state index in [2.05, 4.69) is 22.8 Å². The van der Waals surface area contributed by atoms with Gasteiger partial charge < -0.3 is 29.7 Å². The molecule has 0 bridgehead atoms. The summed E-state index contributed by atoms with van der Waals surface area (Å²) < 4.78 is 17.1. The van der Waals surface area contributed by atoms with Gasteiger partial charge in [0.25, 0.3) is 0 Å². The molecule has 0 saturated heterocycles. The number of fused-ring (bicyclic) bond motifs is 4. The van der Waals surface area contributed by atoms with Gasteiger partial charge in [-0.05, 0) is 72.2 Å². The van der Waals surface area contributed by atoms with Crippen LogP contribution in [0, 0.1) is 0 Å². The summed E-state index contributed by atoms with van der Waals surface area (Å²) in [5.41, 5.74) is 5.54. The highest BCUT2D eigenvalue weighted by molar-refractivity contribution is 5.86. The quantitative estimate of drug-likeness (QED) is 0.437. The van der Waals surface area contributed by atoms with Gasteiger partial charge in [-0.2, -0.15) is 0 Å². The predicted octanol–water partition coefficient (Wildman–Crippen LogP) is 4.25. The second-order valence-corrected chi connectivity index (χ2v) is 10.7. The number of amides is 2. The second kappa shape index (κ2) is 12.1. The van der Waals surface area contributed by atoms with Gasteiger partial charge >= 0.3 is 0 Å². The molecule has 2 N–H and O–H groups in total. The van der Waals surface area contributed by atoms with E-state index < -0.39 is 12.1 Å². The van der Waals surface area contributed by atoms with Gasteiger partial charge in [-0.3, -0.25) is 14.4 Å². The number of carbonyl (C=O) groups is 2. The molecule has 1 aliphatic carbocycles. The van der Waals surface area contributed by atoms with Gasteiger partial charge in [-0.15, -0.1) is 0 Å². The first-order chi connectivity index (χ1) is 20.2. The number of carbonyl (C=O) groups excluding carboxylic acids is 2. The third-order valence-electron chi connectivity index (χ3n) is 8.10. The van der Waals surface area contributed by atoms with Gasteiger partial charge in [0.15, 0.2) is 11.5 Å². The predicted molar refractivity (Wildman–Crippen MR) is 161 cm³/mol. The maximum atomic E-state index is 13.6. The number of rotatable bonds is 7. The van der Waals surface area contributed by atoms with Crippen LogP contribution in [0.1, 0.15) is 48.6 Å². The lowest BCUT2D eigenvalue weighted by atomic mass is 9.95. The van der Waals surface area contributed by atoms with Crippen LogP contribution in [0.3, 0.4) is 0 Å². The minimum atomic E-state index is -0.623. The largest absolute Gasteiger partial charge is 0.493 e. The van der Waals surface area contributed by atoms with E-state index >= 15 is 0 Å². The first-order valence-corrected chi connectivity index (χ1v) is 14.1. The molecule has 3 aromatic carbocycles. The van der Waals surface area contributed by atoms with Crippen LogP contribution >= 0.6 is 0 Å². The number of hydrogen-bond acceptors (Lipinski definition) is 7. The molecule has 9 nitrogen and oxygen atoms in total. The van der Waals surface area contributed by atoms with Crippen molar-refractivity contribution >= 4 is 17.5 Å². The molecule has 9 heteroatoms. The molecule has 42 heavy (non-hydrogen) atoms. The SMILES string of the molecule is COc1cc2c(c(OC)c1OC)-c1ccc(NC(C)C(=O)N3CCc4ccccc4C3)c(=O)cc1C(NC(C)=O)CC2. The number of benzene rings is 2. The fraction of sp³-hybridized carbons (Fsp3) is 0.364. The smallest absolute Gasteiger partial charge is 0.245 e. The van der Waals surface area contributed by atoms with E-state index in [1.165, 1.54) is 12.5 Å². The maximum absolute atomic E-state index is 13.6. The van der Waals surface area contributed by atoms with E-state index in [0.29, 0.717) is 54.4 Å². The molecule has 0 aromatic heterocycles. The zero-order valence-corrected chi connectivity index (χ0v) is 24.7. The van der Waals surface area contributed by atoms with Gasteiger partial charge in [-0.1, -0.05) is 30.3 Å². The van der Waals surface area contributed by atoms with Crippen molar-refractivity contribution in [3.05, 3.63) is 81.0 Å². The molecule has 0 fully saturated rings. The zero-order valence-electron chi connectivity index (χ0n) is 24.7. The van der Waals surface area contributed by atoms with Crippen LogP contribution in [0.5, 0.6) is 17.2 Å². The fourth-order valence-electron chi connectivity index (χ4n) is 6.08. The molecule has 2 atom stereocenters. The highest BCUT2D eigenvalue weighted by atomic mass is 16.5. The van der Waals surface area contributed by atoms with Crippen LogP contribution in [0.2, 0.25) is 0 Å². The molecule has 2 amide bonds. The van der Waals surface area contributed by atoms with E-state index in [1.54, 1.807) is 40.4 Å². The minimum absolute atomic E-state index is 0.0723. The molecule has 1 aliphatic heterocycles. The van der Waals surface area contributed by atoms with Crippen LogP contribution < -0.4 is 30.3 Å². The Kier molecular flexibility index (Phi) is 8.38. The lowest BCUT2D eigenvalue weighted by molar-refractivity contribution is -0.132. The normalized spacial score (nSPS) is 16.1. The van der Waals surface area contributed by atoms with Gasteiger partial charge in [0, 0.05) is 25.6 Å². The van der Waals surface area contributed by atoms with Crippen LogP contribution in [-0.2, 0) is 29.0 Å². The van der Waals surface area contributed by atoms with Crippen molar-refractivity contribution in [2.75, 3.05) is 33.2 Å². The number of methoxy groups -OCH3 is 3. The van der Waals surface area contributed by atoms with Crippen molar-refractivity contribution in [2.45, 2.75) is 51.7 Å². The van der Waals surface area contributed by atoms with E-state index in [1.807, 2.05) is 29.2 Å². The second-order valence-electron chi connectivity index (χ2n) is 10.7. The lowest BCUT2D eigenvalue weighted by Crippen LogP contribution is -2.44. The van der Waals surface area contributed by atoms with Crippen molar-refractivity contribution in [3.63, 3.8) is 0 Å². The van der Waals surface area contributed by atoms with E-state index in [0.717, 1.165) is 28.7 Å². The summed E-state index contributed by atoms with van der Waals surface area (Å²) in [6.45, 7) is 4.41. The Hall–Kier alpha value is -4.53. The third kappa shape index (κ3) is 5.51. The average molecular weight is 572 g/mol. The molecule has 0 spiro atoms. The van der Waals surface area contributed by atoms with Crippen molar-refractivity contribution in [1.82, 2.24) is 10.2 Å².